The Kier molecular flexibility index (Phi) is 3.72. The zero-order valence-corrected chi connectivity index (χ0v) is 16.6. The average Bonchev–Trinajstić information content (AvgIpc) is 3.19. The quantitative estimate of drug-likeness (QED) is 0.304. The number of fused-ring (bicyclic) bond motifs is 4. The summed E-state index contributed by atoms with van der Waals surface area (Å²) in [7, 11) is 0. The Bertz CT molecular complexity index is 1540. The zero-order valence-electron chi connectivity index (χ0n) is 16.6. The minimum atomic E-state index is 0.893. The molecule has 0 aliphatic rings. The Hall–Kier alpha value is -3.91. The molecule has 0 aliphatic heterocycles. The highest BCUT2D eigenvalue weighted by atomic mass is 16.3. The van der Waals surface area contributed by atoms with Gasteiger partial charge in [-0.2, -0.15) is 0 Å². The van der Waals surface area contributed by atoms with E-state index in [1.54, 1.807) is 0 Å². The highest BCUT2D eigenvalue weighted by molar-refractivity contribution is 6.13. The van der Waals surface area contributed by atoms with E-state index in [0.717, 1.165) is 38.8 Å². The van der Waals surface area contributed by atoms with Gasteiger partial charge in [0.25, 0.3) is 0 Å². The number of aromatic nitrogens is 1. The summed E-state index contributed by atoms with van der Waals surface area (Å²) in [5.74, 6) is 0. The zero-order chi connectivity index (χ0) is 20.1. The molecule has 0 spiro atoms. The molecule has 2 heterocycles. The molecule has 0 bridgehead atoms. The molecule has 0 saturated heterocycles. The molecule has 30 heavy (non-hydrogen) atoms. The largest absolute Gasteiger partial charge is 0.456 e. The van der Waals surface area contributed by atoms with Crippen molar-refractivity contribution >= 4 is 32.7 Å². The number of pyridine rings is 1. The van der Waals surface area contributed by atoms with Gasteiger partial charge in [-0.05, 0) is 47.2 Å². The first-order valence-corrected chi connectivity index (χ1v) is 10.1. The molecule has 0 radical (unpaired) electrons. The van der Waals surface area contributed by atoms with Crippen LogP contribution in [-0.2, 0) is 0 Å². The molecule has 2 heteroatoms. The van der Waals surface area contributed by atoms with E-state index in [1.807, 2.05) is 18.3 Å². The second-order valence-electron chi connectivity index (χ2n) is 7.73. The molecule has 2 aromatic heterocycles. The van der Waals surface area contributed by atoms with Crippen molar-refractivity contribution < 1.29 is 4.42 Å². The third-order valence-electron chi connectivity index (χ3n) is 5.83. The van der Waals surface area contributed by atoms with E-state index in [-0.39, 0.29) is 0 Å². The minimum absolute atomic E-state index is 0.893. The predicted molar refractivity (Wildman–Crippen MR) is 125 cm³/mol. The van der Waals surface area contributed by atoms with Crippen LogP contribution < -0.4 is 0 Å². The van der Waals surface area contributed by atoms with Crippen molar-refractivity contribution in [3.05, 3.63) is 103 Å². The highest BCUT2D eigenvalue weighted by Crippen LogP contribution is 2.39. The van der Waals surface area contributed by atoms with Gasteiger partial charge >= 0.3 is 0 Å². The second kappa shape index (κ2) is 6.57. The number of nitrogens with zero attached hydrogens (tertiary/aromatic N) is 1. The summed E-state index contributed by atoms with van der Waals surface area (Å²) in [4.78, 5) is 4.68. The van der Waals surface area contributed by atoms with Gasteiger partial charge in [0.2, 0.25) is 0 Å². The number of rotatable bonds is 2. The topological polar surface area (TPSA) is 26.0 Å². The van der Waals surface area contributed by atoms with Crippen molar-refractivity contribution in [2.45, 2.75) is 6.92 Å². The first-order chi connectivity index (χ1) is 14.8. The summed E-state index contributed by atoms with van der Waals surface area (Å²) < 4.78 is 6.37. The van der Waals surface area contributed by atoms with Gasteiger partial charge in [-0.3, -0.25) is 4.98 Å². The summed E-state index contributed by atoms with van der Waals surface area (Å²) in [5.41, 5.74) is 7.41. The van der Waals surface area contributed by atoms with Crippen LogP contribution >= 0.6 is 0 Å². The number of hydrogen-bond acceptors (Lipinski definition) is 2. The van der Waals surface area contributed by atoms with Crippen LogP contribution in [-0.4, -0.2) is 4.98 Å². The summed E-state index contributed by atoms with van der Waals surface area (Å²) in [6, 6.07) is 31.7. The lowest BCUT2D eigenvalue weighted by Crippen LogP contribution is -1.84. The second-order valence-corrected chi connectivity index (χ2v) is 7.73. The van der Waals surface area contributed by atoms with Gasteiger partial charge in [-0.1, -0.05) is 72.8 Å². The molecule has 4 aromatic carbocycles. The standard InChI is InChI=1S/C28H19NO/c1-18-11-13-23(19-7-3-2-4-8-19)27-24-14-12-21(16-26(24)30-28(18)27)25-15-20-9-5-6-10-22(20)17-29-25/h2-17H,1H3. The molecule has 0 atom stereocenters. The fourth-order valence-electron chi connectivity index (χ4n) is 4.27. The number of furan rings is 1. The first kappa shape index (κ1) is 17.0. The Morgan fingerprint density at radius 1 is 0.700 bits per heavy atom. The third-order valence-corrected chi connectivity index (χ3v) is 5.83. The van der Waals surface area contributed by atoms with Crippen molar-refractivity contribution in [3.8, 4) is 22.4 Å². The van der Waals surface area contributed by atoms with Gasteiger partial charge in [-0.15, -0.1) is 0 Å². The van der Waals surface area contributed by atoms with Crippen LogP contribution in [0.4, 0.5) is 0 Å². The van der Waals surface area contributed by atoms with E-state index in [1.165, 1.54) is 21.9 Å². The average molecular weight is 385 g/mol. The lowest BCUT2D eigenvalue weighted by Gasteiger charge is -2.06. The molecule has 0 N–H and O–H groups in total. The Morgan fingerprint density at radius 2 is 1.50 bits per heavy atom. The van der Waals surface area contributed by atoms with Crippen molar-refractivity contribution in [2.75, 3.05) is 0 Å². The van der Waals surface area contributed by atoms with Crippen molar-refractivity contribution in [2.24, 2.45) is 0 Å². The van der Waals surface area contributed by atoms with E-state index < -0.39 is 0 Å². The van der Waals surface area contributed by atoms with Crippen LogP contribution in [0.1, 0.15) is 5.56 Å². The van der Waals surface area contributed by atoms with E-state index in [9.17, 15) is 0 Å². The monoisotopic (exact) mass is 385 g/mol. The molecule has 0 unspecified atom stereocenters. The predicted octanol–water partition coefficient (Wildman–Crippen LogP) is 7.78. The maximum absolute atomic E-state index is 6.37. The van der Waals surface area contributed by atoms with Crippen molar-refractivity contribution in [1.29, 1.82) is 0 Å². The number of aryl methyl sites for hydroxylation is 1. The fourth-order valence-corrected chi connectivity index (χ4v) is 4.27. The Balaban J connectivity index is 1.58. The van der Waals surface area contributed by atoms with Crippen LogP contribution in [0.5, 0.6) is 0 Å². The van der Waals surface area contributed by atoms with Gasteiger partial charge in [0.15, 0.2) is 0 Å². The van der Waals surface area contributed by atoms with Crippen molar-refractivity contribution in [3.63, 3.8) is 0 Å². The van der Waals surface area contributed by atoms with E-state index in [2.05, 4.69) is 90.8 Å². The van der Waals surface area contributed by atoms with Crippen molar-refractivity contribution in [1.82, 2.24) is 4.98 Å². The number of benzene rings is 4. The molecular formula is C28H19NO. The SMILES string of the molecule is Cc1ccc(-c2ccccc2)c2c1oc1cc(-c3cc4ccccc4cn3)ccc12. The van der Waals surface area contributed by atoms with Crippen LogP contribution in [0.15, 0.2) is 102 Å². The van der Waals surface area contributed by atoms with E-state index >= 15 is 0 Å². The summed E-state index contributed by atoms with van der Waals surface area (Å²) >= 11 is 0. The minimum Gasteiger partial charge on any atom is -0.456 e. The van der Waals surface area contributed by atoms with Crippen LogP contribution in [0.25, 0.3) is 55.1 Å². The van der Waals surface area contributed by atoms with Gasteiger partial charge < -0.3 is 4.42 Å². The molecule has 0 fully saturated rings. The molecule has 6 rings (SSSR count). The molecular weight excluding hydrogens is 366 g/mol. The van der Waals surface area contributed by atoms with Crippen LogP contribution in [0, 0.1) is 6.92 Å². The van der Waals surface area contributed by atoms with E-state index in [4.69, 9.17) is 4.42 Å². The lowest BCUT2D eigenvalue weighted by molar-refractivity contribution is 0.666. The Labute approximate surface area is 174 Å². The normalized spacial score (nSPS) is 11.5. The molecule has 142 valence electrons. The highest BCUT2D eigenvalue weighted by Gasteiger charge is 2.15. The molecule has 0 saturated carbocycles. The molecule has 6 aromatic rings. The number of hydrogen-bond donors (Lipinski definition) is 0. The summed E-state index contributed by atoms with van der Waals surface area (Å²) in [6.45, 7) is 2.10. The summed E-state index contributed by atoms with van der Waals surface area (Å²) in [5, 5.41) is 4.65. The van der Waals surface area contributed by atoms with Crippen LogP contribution in [0.3, 0.4) is 0 Å². The fraction of sp³-hybridized carbons (Fsp3) is 0.0357. The molecule has 0 amide bonds. The van der Waals surface area contributed by atoms with Gasteiger partial charge in [0.1, 0.15) is 11.2 Å². The van der Waals surface area contributed by atoms with Crippen LogP contribution in [0.2, 0.25) is 0 Å². The lowest BCUT2D eigenvalue weighted by atomic mass is 9.97. The molecule has 2 nitrogen and oxygen atoms in total. The third kappa shape index (κ3) is 2.61. The first-order valence-electron chi connectivity index (χ1n) is 10.1. The maximum atomic E-state index is 6.37. The van der Waals surface area contributed by atoms with Gasteiger partial charge in [0.05, 0.1) is 5.69 Å². The smallest absolute Gasteiger partial charge is 0.138 e. The summed E-state index contributed by atoms with van der Waals surface area (Å²) in [6.07, 6.45) is 1.94. The van der Waals surface area contributed by atoms with Gasteiger partial charge in [-0.25, -0.2) is 0 Å². The molecule has 0 aliphatic carbocycles. The maximum Gasteiger partial charge on any atom is 0.138 e. The van der Waals surface area contributed by atoms with Gasteiger partial charge in [0, 0.05) is 27.9 Å². The Morgan fingerprint density at radius 3 is 2.37 bits per heavy atom. The van der Waals surface area contributed by atoms with E-state index in [0.29, 0.717) is 0 Å².